The molecular formula is C21H32N2O5Si. The Morgan fingerprint density at radius 3 is 2.62 bits per heavy atom. The minimum Gasteiger partial charge on any atom is -0.504 e. The zero-order valence-corrected chi connectivity index (χ0v) is 18.8. The number of benzene rings is 1. The van der Waals surface area contributed by atoms with Gasteiger partial charge in [0.25, 0.3) is 0 Å². The van der Waals surface area contributed by atoms with Gasteiger partial charge in [0, 0.05) is 32.9 Å². The highest BCUT2D eigenvalue weighted by molar-refractivity contribution is 6.76. The predicted molar refractivity (Wildman–Crippen MR) is 113 cm³/mol. The van der Waals surface area contributed by atoms with Gasteiger partial charge in [0.05, 0.1) is 18.8 Å². The Hall–Kier alpha value is -1.61. The first-order chi connectivity index (χ1) is 13.6. The molecule has 8 heteroatoms. The van der Waals surface area contributed by atoms with Crippen LogP contribution in [0.2, 0.25) is 25.7 Å². The molecule has 1 amide bonds. The van der Waals surface area contributed by atoms with Crippen LogP contribution in [0.1, 0.15) is 31.1 Å². The normalized spacial score (nSPS) is 25.7. The maximum absolute atomic E-state index is 13.5. The van der Waals surface area contributed by atoms with Crippen molar-refractivity contribution in [3.8, 4) is 11.5 Å². The van der Waals surface area contributed by atoms with Crippen LogP contribution in [0, 0.1) is 5.41 Å². The molecule has 1 aromatic rings. The van der Waals surface area contributed by atoms with Crippen molar-refractivity contribution in [1.82, 2.24) is 4.90 Å². The average Bonchev–Trinajstić information content (AvgIpc) is 3.30. The summed E-state index contributed by atoms with van der Waals surface area (Å²) < 4.78 is 11.2. The molecule has 1 aromatic carbocycles. The van der Waals surface area contributed by atoms with E-state index in [0.29, 0.717) is 17.9 Å². The van der Waals surface area contributed by atoms with Crippen LogP contribution in [0.4, 0.5) is 5.69 Å². The fourth-order valence-electron chi connectivity index (χ4n) is 4.44. The number of rotatable bonds is 6. The van der Waals surface area contributed by atoms with Gasteiger partial charge >= 0.3 is 0 Å². The fourth-order valence-corrected chi connectivity index (χ4v) is 5.19. The van der Waals surface area contributed by atoms with E-state index in [2.05, 4.69) is 19.6 Å². The standard InChI is InChI=1S/C21H32N2O5Si/c1-27-18-9-14-15(10-17(18)24)23(13-28-7-8-29(2,3)4)20(26)16-11-21(5-6-21)12-22(16)19(14)25/h9-10,16,19,24-25H,5-8,11-13H2,1-4H3/t16-,19?/m0/s1. The molecule has 7 nitrogen and oxygen atoms in total. The van der Waals surface area contributed by atoms with Gasteiger partial charge in [-0.25, -0.2) is 0 Å². The summed E-state index contributed by atoms with van der Waals surface area (Å²) in [4.78, 5) is 17.0. The molecule has 2 heterocycles. The number of fused-ring (bicyclic) bond motifs is 2. The second kappa shape index (κ2) is 7.26. The second-order valence-electron chi connectivity index (χ2n) is 9.96. The Balaban J connectivity index is 1.66. The summed E-state index contributed by atoms with van der Waals surface area (Å²) in [6.07, 6.45) is 2.07. The number of nitrogens with zero attached hydrogens (tertiary/aromatic N) is 2. The third-order valence-electron chi connectivity index (χ3n) is 6.48. The van der Waals surface area contributed by atoms with E-state index in [1.807, 2.05) is 4.90 Å². The number of carbonyl (C=O) groups is 1. The summed E-state index contributed by atoms with van der Waals surface area (Å²) in [5, 5.41) is 21.5. The molecule has 4 rings (SSSR count). The fraction of sp³-hybridized carbons (Fsp3) is 0.667. The molecule has 1 unspecified atom stereocenters. The summed E-state index contributed by atoms with van der Waals surface area (Å²) in [6, 6.07) is 3.79. The lowest BCUT2D eigenvalue weighted by molar-refractivity contribution is -0.127. The molecule has 0 aromatic heterocycles. The van der Waals surface area contributed by atoms with E-state index in [1.165, 1.54) is 13.2 Å². The van der Waals surface area contributed by atoms with Crippen LogP contribution in [-0.2, 0) is 9.53 Å². The highest BCUT2D eigenvalue weighted by Gasteiger charge is 2.57. The van der Waals surface area contributed by atoms with E-state index in [-0.39, 0.29) is 35.6 Å². The number of carbonyl (C=O) groups excluding carboxylic acids is 1. The second-order valence-corrected chi connectivity index (χ2v) is 15.6. The number of phenols is 1. The minimum atomic E-state index is -1.24. The van der Waals surface area contributed by atoms with Crippen LogP contribution in [0.3, 0.4) is 0 Å². The van der Waals surface area contributed by atoms with Crippen molar-refractivity contribution in [2.75, 3.05) is 31.9 Å². The average molecular weight is 421 g/mol. The summed E-state index contributed by atoms with van der Waals surface area (Å²) >= 11 is 0. The number of hydrogen-bond donors (Lipinski definition) is 2. The Labute approximate surface area is 173 Å². The molecule has 2 fully saturated rings. The molecule has 1 saturated carbocycles. The quantitative estimate of drug-likeness (QED) is 0.544. The molecule has 2 aliphatic heterocycles. The first-order valence-electron chi connectivity index (χ1n) is 10.4. The first-order valence-corrected chi connectivity index (χ1v) is 14.1. The molecule has 1 spiro atoms. The Morgan fingerprint density at radius 2 is 2.00 bits per heavy atom. The van der Waals surface area contributed by atoms with Crippen LogP contribution in [-0.4, -0.2) is 62.1 Å². The number of phenolic OH excluding ortho intramolecular Hbond substituents is 1. The van der Waals surface area contributed by atoms with Gasteiger partial charge in [0.1, 0.15) is 13.0 Å². The molecule has 0 bridgehead atoms. The van der Waals surface area contributed by atoms with Gasteiger partial charge < -0.3 is 19.7 Å². The molecule has 1 aliphatic carbocycles. The van der Waals surface area contributed by atoms with Crippen LogP contribution in [0.25, 0.3) is 0 Å². The van der Waals surface area contributed by atoms with Crippen LogP contribution in [0.5, 0.6) is 11.5 Å². The molecule has 0 radical (unpaired) electrons. The summed E-state index contributed by atoms with van der Waals surface area (Å²) in [6.45, 7) is 8.29. The van der Waals surface area contributed by atoms with Crippen LogP contribution < -0.4 is 9.64 Å². The molecule has 2 N–H and O–H groups in total. The van der Waals surface area contributed by atoms with Crippen LogP contribution in [0.15, 0.2) is 12.1 Å². The molecule has 29 heavy (non-hydrogen) atoms. The molecule has 2 atom stereocenters. The van der Waals surface area contributed by atoms with Crippen molar-refractivity contribution >= 4 is 19.7 Å². The predicted octanol–water partition coefficient (Wildman–Crippen LogP) is 2.91. The highest BCUT2D eigenvalue weighted by atomic mass is 28.3. The van der Waals surface area contributed by atoms with E-state index in [9.17, 15) is 15.0 Å². The summed E-state index contributed by atoms with van der Waals surface area (Å²) in [5.74, 6) is 0.164. The number of aliphatic hydroxyl groups excluding tert-OH is 1. The lowest BCUT2D eigenvalue weighted by atomic mass is 10.0. The van der Waals surface area contributed by atoms with Crippen LogP contribution >= 0.6 is 0 Å². The van der Waals surface area contributed by atoms with Gasteiger partial charge in [-0.3, -0.25) is 14.6 Å². The monoisotopic (exact) mass is 420 g/mol. The maximum Gasteiger partial charge on any atom is 0.246 e. The topological polar surface area (TPSA) is 82.5 Å². The van der Waals surface area contributed by atoms with Gasteiger partial charge in [0.2, 0.25) is 5.91 Å². The number of aromatic hydroxyl groups is 1. The molecular weight excluding hydrogens is 388 g/mol. The number of amides is 1. The number of methoxy groups -OCH3 is 1. The van der Waals surface area contributed by atoms with E-state index in [1.54, 1.807) is 11.0 Å². The van der Waals surface area contributed by atoms with E-state index in [4.69, 9.17) is 9.47 Å². The third-order valence-corrected chi connectivity index (χ3v) is 8.19. The Morgan fingerprint density at radius 1 is 1.28 bits per heavy atom. The van der Waals surface area contributed by atoms with E-state index >= 15 is 0 Å². The van der Waals surface area contributed by atoms with Crippen molar-refractivity contribution in [1.29, 1.82) is 0 Å². The molecule has 160 valence electrons. The van der Waals surface area contributed by atoms with Crippen molar-refractivity contribution < 1.29 is 24.5 Å². The Kier molecular flexibility index (Phi) is 5.17. The summed E-state index contributed by atoms with van der Waals surface area (Å²) in [5.41, 5.74) is 1.24. The van der Waals surface area contributed by atoms with Crippen molar-refractivity contribution in [2.24, 2.45) is 5.41 Å². The van der Waals surface area contributed by atoms with Gasteiger partial charge in [-0.05, 0) is 36.8 Å². The minimum absolute atomic E-state index is 0.0564. The molecule has 3 aliphatic rings. The number of ether oxygens (including phenoxy) is 2. The van der Waals surface area contributed by atoms with Gasteiger partial charge in [0.15, 0.2) is 11.5 Å². The van der Waals surface area contributed by atoms with Gasteiger partial charge in [-0.15, -0.1) is 0 Å². The third kappa shape index (κ3) is 3.91. The number of aliphatic hydroxyl groups is 1. The SMILES string of the molecule is COc1cc2c(cc1O)N(COCC[Si](C)(C)C)C(=O)[C@@H]1CC3(CC3)CN1C2O. The lowest BCUT2D eigenvalue weighted by Crippen LogP contribution is -2.45. The van der Waals surface area contributed by atoms with Gasteiger partial charge in [-0.2, -0.15) is 0 Å². The zero-order valence-electron chi connectivity index (χ0n) is 17.8. The number of anilines is 1. The highest BCUT2D eigenvalue weighted by Crippen LogP contribution is 2.57. The summed E-state index contributed by atoms with van der Waals surface area (Å²) in [7, 11) is 0.237. The van der Waals surface area contributed by atoms with Crippen molar-refractivity contribution in [3.63, 3.8) is 0 Å². The maximum atomic E-state index is 13.5. The molecule has 1 saturated heterocycles. The first kappa shape index (κ1) is 20.7. The largest absolute Gasteiger partial charge is 0.504 e. The van der Waals surface area contributed by atoms with E-state index < -0.39 is 14.3 Å². The van der Waals surface area contributed by atoms with Crippen molar-refractivity contribution in [3.05, 3.63) is 17.7 Å². The smallest absolute Gasteiger partial charge is 0.246 e. The Bertz CT molecular complexity index is 805. The van der Waals surface area contributed by atoms with E-state index in [0.717, 1.165) is 31.9 Å². The van der Waals surface area contributed by atoms with Crippen molar-refractivity contribution in [2.45, 2.75) is 57.2 Å². The number of hydrogen-bond acceptors (Lipinski definition) is 6. The zero-order chi connectivity index (χ0) is 21.0. The lowest BCUT2D eigenvalue weighted by Gasteiger charge is -2.27. The van der Waals surface area contributed by atoms with Gasteiger partial charge in [-0.1, -0.05) is 19.6 Å².